The van der Waals surface area contributed by atoms with E-state index in [1.165, 1.54) is 0 Å². The molecular formula is C28H30N6O2. The van der Waals surface area contributed by atoms with Crippen LogP contribution in [0.4, 0.5) is 5.82 Å². The van der Waals surface area contributed by atoms with Crippen molar-refractivity contribution in [3.63, 3.8) is 0 Å². The number of hydrogen-bond acceptors (Lipinski definition) is 5. The SMILES string of the molecule is Cc1cc2c(N)nccc2c(C)c1CNC(=O)c1cnn(Cc2ccc(CC(=O)N3CCC3)cc2)c1. The van der Waals surface area contributed by atoms with E-state index in [-0.39, 0.29) is 11.8 Å². The maximum absolute atomic E-state index is 12.8. The zero-order valence-corrected chi connectivity index (χ0v) is 20.6. The van der Waals surface area contributed by atoms with Gasteiger partial charge < -0.3 is 16.0 Å². The number of nitrogens with one attached hydrogen (secondary N) is 1. The minimum atomic E-state index is -0.172. The quantitative estimate of drug-likeness (QED) is 0.420. The lowest BCUT2D eigenvalue weighted by molar-refractivity contribution is -0.133. The Kier molecular flexibility index (Phi) is 6.41. The van der Waals surface area contributed by atoms with Gasteiger partial charge in [-0.3, -0.25) is 14.3 Å². The highest BCUT2D eigenvalue weighted by molar-refractivity contribution is 5.95. The van der Waals surface area contributed by atoms with E-state index in [0.717, 1.165) is 58.1 Å². The van der Waals surface area contributed by atoms with Crippen LogP contribution in [0.25, 0.3) is 10.8 Å². The highest BCUT2D eigenvalue weighted by atomic mass is 16.2. The fraction of sp³-hybridized carbons (Fsp3) is 0.286. The lowest BCUT2D eigenvalue weighted by Gasteiger charge is -2.30. The van der Waals surface area contributed by atoms with E-state index < -0.39 is 0 Å². The first-order valence-corrected chi connectivity index (χ1v) is 12.2. The smallest absolute Gasteiger partial charge is 0.254 e. The van der Waals surface area contributed by atoms with Crippen LogP contribution >= 0.6 is 0 Å². The number of nitrogen functional groups attached to an aromatic ring is 1. The molecule has 3 N–H and O–H groups in total. The molecule has 184 valence electrons. The van der Waals surface area contributed by atoms with Gasteiger partial charge in [0.25, 0.3) is 5.91 Å². The van der Waals surface area contributed by atoms with Crippen molar-refractivity contribution in [2.45, 2.75) is 39.8 Å². The van der Waals surface area contributed by atoms with E-state index in [9.17, 15) is 9.59 Å². The van der Waals surface area contributed by atoms with Crippen molar-refractivity contribution in [3.05, 3.63) is 88.4 Å². The van der Waals surface area contributed by atoms with Gasteiger partial charge in [-0.1, -0.05) is 24.3 Å². The Morgan fingerprint density at radius 1 is 1.06 bits per heavy atom. The third-order valence-corrected chi connectivity index (χ3v) is 6.97. The average molecular weight is 483 g/mol. The predicted octanol–water partition coefficient (Wildman–Crippen LogP) is 3.38. The molecule has 0 bridgehead atoms. The fourth-order valence-corrected chi connectivity index (χ4v) is 4.64. The molecule has 0 radical (unpaired) electrons. The number of amides is 2. The zero-order valence-electron chi connectivity index (χ0n) is 20.6. The fourth-order valence-electron chi connectivity index (χ4n) is 4.64. The number of nitrogens with two attached hydrogens (primary N) is 1. The summed E-state index contributed by atoms with van der Waals surface area (Å²) in [6, 6.07) is 12.0. The van der Waals surface area contributed by atoms with Crippen LogP contribution in [0, 0.1) is 13.8 Å². The number of fused-ring (bicyclic) bond motifs is 1. The third-order valence-electron chi connectivity index (χ3n) is 6.97. The number of hydrogen-bond donors (Lipinski definition) is 2. The highest BCUT2D eigenvalue weighted by Crippen LogP contribution is 2.27. The molecular weight excluding hydrogens is 452 g/mol. The Hall–Kier alpha value is -4.20. The number of nitrogens with zero attached hydrogens (tertiary/aromatic N) is 4. The van der Waals surface area contributed by atoms with E-state index in [1.54, 1.807) is 23.3 Å². The number of pyridine rings is 1. The normalized spacial score (nSPS) is 13.0. The summed E-state index contributed by atoms with van der Waals surface area (Å²) in [6.45, 7) is 6.77. The minimum Gasteiger partial charge on any atom is -0.383 e. The second-order valence-corrected chi connectivity index (χ2v) is 9.43. The summed E-state index contributed by atoms with van der Waals surface area (Å²) >= 11 is 0. The molecule has 2 amide bonds. The van der Waals surface area contributed by atoms with Gasteiger partial charge in [0.1, 0.15) is 5.82 Å². The van der Waals surface area contributed by atoms with Crippen molar-refractivity contribution in [1.82, 2.24) is 25.0 Å². The molecule has 5 rings (SSSR count). The number of benzene rings is 2. The molecule has 1 fully saturated rings. The summed E-state index contributed by atoms with van der Waals surface area (Å²) in [5, 5.41) is 9.36. The zero-order chi connectivity index (χ0) is 25.2. The van der Waals surface area contributed by atoms with Gasteiger partial charge in [0.2, 0.25) is 5.91 Å². The average Bonchev–Trinajstić information content (AvgIpc) is 3.28. The second kappa shape index (κ2) is 9.81. The van der Waals surface area contributed by atoms with Gasteiger partial charge >= 0.3 is 0 Å². The van der Waals surface area contributed by atoms with Crippen LogP contribution in [0.1, 0.15) is 44.6 Å². The maximum atomic E-state index is 12.8. The Balaban J connectivity index is 1.20. The van der Waals surface area contributed by atoms with Gasteiger partial charge in [-0.25, -0.2) is 4.98 Å². The van der Waals surface area contributed by atoms with Crippen LogP contribution in [-0.2, 0) is 24.3 Å². The summed E-state index contributed by atoms with van der Waals surface area (Å²) in [6.07, 6.45) is 6.58. The van der Waals surface area contributed by atoms with Gasteiger partial charge in [-0.2, -0.15) is 5.10 Å². The molecule has 1 aliphatic heterocycles. The molecule has 4 aromatic rings. The summed E-state index contributed by atoms with van der Waals surface area (Å²) in [5.41, 5.74) is 11.8. The van der Waals surface area contributed by atoms with Crippen LogP contribution in [0.5, 0.6) is 0 Å². The van der Waals surface area contributed by atoms with Crippen LogP contribution in [0.15, 0.2) is 55.0 Å². The third kappa shape index (κ3) is 4.79. The Morgan fingerprint density at radius 3 is 2.53 bits per heavy atom. The first-order chi connectivity index (χ1) is 17.4. The summed E-state index contributed by atoms with van der Waals surface area (Å²) < 4.78 is 1.75. The number of rotatable bonds is 7. The van der Waals surface area contributed by atoms with E-state index in [0.29, 0.717) is 30.9 Å². The molecule has 0 saturated carbocycles. The number of anilines is 1. The lowest BCUT2D eigenvalue weighted by atomic mass is 9.96. The van der Waals surface area contributed by atoms with E-state index in [2.05, 4.69) is 15.4 Å². The monoisotopic (exact) mass is 482 g/mol. The van der Waals surface area contributed by atoms with Crippen molar-refractivity contribution < 1.29 is 9.59 Å². The van der Waals surface area contributed by atoms with Crippen LogP contribution in [0.3, 0.4) is 0 Å². The van der Waals surface area contributed by atoms with Crippen molar-refractivity contribution >= 4 is 28.4 Å². The van der Waals surface area contributed by atoms with Gasteiger partial charge in [-0.05, 0) is 65.6 Å². The van der Waals surface area contributed by atoms with Gasteiger partial charge in [0.05, 0.1) is 24.7 Å². The maximum Gasteiger partial charge on any atom is 0.254 e. The van der Waals surface area contributed by atoms with Gasteiger partial charge in [0.15, 0.2) is 0 Å². The summed E-state index contributed by atoms with van der Waals surface area (Å²) in [7, 11) is 0. The molecule has 36 heavy (non-hydrogen) atoms. The molecule has 0 atom stereocenters. The molecule has 2 aromatic carbocycles. The molecule has 8 heteroatoms. The Labute approximate surface area is 210 Å². The van der Waals surface area contributed by atoms with Crippen molar-refractivity contribution in [2.24, 2.45) is 0 Å². The van der Waals surface area contributed by atoms with Crippen LogP contribution in [-0.4, -0.2) is 44.6 Å². The summed E-state index contributed by atoms with van der Waals surface area (Å²) in [4.78, 5) is 31.0. The highest BCUT2D eigenvalue weighted by Gasteiger charge is 2.20. The first-order valence-electron chi connectivity index (χ1n) is 12.2. The number of likely N-dealkylation sites (tertiary alicyclic amines) is 1. The van der Waals surface area contributed by atoms with E-state index in [4.69, 9.17) is 5.73 Å². The Morgan fingerprint density at radius 2 is 1.81 bits per heavy atom. The lowest BCUT2D eigenvalue weighted by Crippen LogP contribution is -2.42. The number of carbonyl (C=O) groups is 2. The molecule has 0 spiro atoms. The molecule has 1 aliphatic rings. The minimum absolute atomic E-state index is 0.172. The molecule has 0 unspecified atom stereocenters. The molecule has 3 heterocycles. The Bertz CT molecular complexity index is 1440. The van der Waals surface area contributed by atoms with Gasteiger partial charge in [-0.15, -0.1) is 0 Å². The van der Waals surface area contributed by atoms with Crippen molar-refractivity contribution in [2.75, 3.05) is 18.8 Å². The topological polar surface area (TPSA) is 106 Å². The number of aryl methyl sites for hydroxylation is 2. The molecule has 2 aromatic heterocycles. The first kappa shape index (κ1) is 23.5. The second-order valence-electron chi connectivity index (χ2n) is 9.43. The largest absolute Gasteiger partial charge is 0.383 e. The number of aromatic nitrogens is 3. The van der Waals surface area contributed by atoms with E-state index in [1.807, 2.05) is 55.1 Å². The number of carbonyl (C=O) groups excluding carboxylic acids is 2. The van der Waals surface area contributed by atoms with Gasteiger partial charge in [0, 0.05) is 37.4 Å². The molecule has 8 nitrogen and oxygen atoms in total. The predicted molar refractivity (Wildman–Crippen MR) is 139 cm³/mol. The van der Waals surface area contributed by atoms with Crippen LogP contribution < -0.4 is 11.1 Å². The van der Waals surface area contributed by atoms with E-state index >= 15 is 0 Å². The van der Waals surface area contributed by atoms with Crippen LogP contribution in [0.2, 0.25) is 0 Å². The summed E-state index contributed by atoms with van der Waals surface area (Å²) in [5.74, 6) is 0.526. The standard InChI is InChI=1S/C28H30N6O2/c1-18-12-24-23(8-9-30-27(24)29)19(2)25(18)15-31-28(36)22-14-32-34(17-22)16-21-6-4-20(5-7-21)13-26(35)33-10-3-11-33/h4-9,12,14,17H,3,10-11,13,15-16H2,1-2H3,(H2,29,30)(H,31,36). The van der Waals surface area contributed by atoms with Crippen molar-refractivity contribution in [1.29, 1.82) is 0 Å². The van der Waals surface area contributed by atoms with Crippen molar-refractivity contribution in [3.8, 4) is 0 Å². The molecule has 0 aliphatic carbocycles. The molecule has 1 saturated heterocycles.